The summed E-state index contributed by atoms with van der Waals surface area (Å²) < 4.78 is 0. The van der Waals surface area contributed by atoms with Gasteiger partial charge in [0.05, 0.1) is 0 Å². The molecule has 0 spiro atoms. The highest BCUT2D eigenvalue weighted by Crippen LogP contribution is 2.16. The van der Waals surface area contributed by atoms with Crippen LogP contribution in [0.2, 0.25) is 0 Å². The minimum Gasteiger partial charge on any atom is -0.481 e. The normalized spacial score (nSPS) is 10.3. The van der Waals surface area contributed by atoms with E-state index in [4.69, 9.17) is 5.11 Å². The fraction of sp³-hybridized carbons (Fsp3) is 0.989. The van der Waals surface area contributed by atoms with Gasteiger partial charge in [0.15, 0.2) is 0 Å². The van der Waals surface area contributed by atoms with Gasteiger partial charge in [-0.1, -0.05) is 553 Å². The van der Waals surface area contributed by atoms with Crippen molar-refractivity contribution >= 4 is 5.97 Å². The van der Waals surface area contributed by atoms with E-state index in [1.54, 1.807) is 0 Å². The van der Waals surface area contributed by atoms with Crippen molar-refractivity contribution in [1.29, 1.82) is 0 Å². The van der Waals surface area contributed by atoms with Crippen LogP contribution in [0.5, 0.6) is 0 Å². The minimum absolute atomic E-state index is 0.345. The Balaban J connectivity index is -0.000000145. The van der Waals surface area contributed by atoms with Crippen LogP contribution in [0.3, 0.4) is 0 Å². The summed E-state index contributed by atoms with van der Waals surface area (Å²) in [5, 5.41) is 8.52. The first-order valence-electron chi connectivity index (χ1n) is 43.4. The maximum atomic E-state index is 10.3. The number of aliphatic carboxylic acids is 1. The molecule has 0 aliphatic carbocycles. The number of hydrogen-bond acceptors (Lipinski definition) is 1. The average Bonchev–Trinajstić information content (AvgIpc) is 3.55. The van der Waals surface area contributed by atoms with Crippen LogP contribution in [-0.2, 0) is 4.79 Å². The molecule has 2 nitrogen and oxygen atoms in total. The molecule has 0 radical (unpaired) electrons. The average molecular weight is 1280 g/mol. The lowest BCUT2D eigenvalue weighted by Crippen LogP contribution is -1.93. The Labute approximate surface area is 578 Å². The molecule has 0 aliphatic rings. The van der Waals surface area contributed by atoms with E-state index in [0.717, 1.165) is 12.8 Å². The maximum absolute atomic E-state index is 10.3. The van der Waals surface area contributed by atoms with Crippen molar-refractivity contribution in [3.63, 3.8) is 0 Å². The highest BCUT2D eigenvalue weighted by Gasteiger charge is 1.98. The third kappa shape index (κ3) is 153. The van der Waals surface area contributed by atoms with E-state index in [9.17, 15) is 4.79 Å². The van der Waals surface area contributed by atoms with Gasteiger partial charge in [0.25, 0.3) is 0 Å². The van der Waals surface area contributed by atoms with E-state index >= 15 is 0 Å². The van der Waals surface area contributed by atoms with Gasteiger partial charge in [0, 0.05) is 6.42 Å². The first kappa shape index (κ1) is 106. The Morgan fingerprint density at radius 3 is 0.267 bits per heavy atom. The van der Waals surface area contributed by atoms with Gasteiger partial charge in [0.2, 0.25) is 0 Å². The molecule has 90 heavy (non-hydrogen) atoms. The van der Waals surface area contributed by atoms with Crippen molar-refractivity contribution in [1.82, 2.24) is 0 Å². The predicted octanol–water partition coefficient (Wildman–Crippen LogP) is 35.4. The monoisotopic (exact) mass is 1280 g/mol. The fourth-order valence-corrected chi connectivity index (χ4v) is 11.1. The Morgan fingerprint density at radius 1 is 0.133 bits per heavy atom. The molecular weight excluding hydrogens is 1090 g/mol. The standard InChI is InChI=1S/C18H36O2.7C10H22/c1-2-3-4-5-6-7-8-9-10-11-12-13-14-15-16-17-18(19)20;7*1-3-5-7-9-10-8-6-4-2/h2-17H2,1H3,(H,19,20);7*3-10H2,1-2H3. The highest BCUT2D eigenvalue weighted by atomic mass is 16.4. The van der Waals surface area contributed by atoms with Gasteiger partial charge in [-0.15, -0.1) is 0 Å². The lowest BCUT2D eigenvalue weighted by Gasteiger charge is -2.03. The Bertz CT molecular complexity index is 777. The van der Waals surface area contributed by atoms with Crippen molar-refractivity contribution < 1.29 is 9.90 Å². The molecule has 0 bridgehead atoms. The van der Waals surface area contributed by atoms with E-state index in [-0.39, 0.29) is 0 Å². The number of hydrogen-bond donors (Lipinski definition) is 1. The van der Waals surface area contributed by atoms with Crippen LogP contribution in [0.15, 0.2) is 0 Å². The maximum Gasteiger partial charge on any atom is 0.303 e. The van der Waals surface area contributed by atoms with Gasteiger partial charge in [-0.2, -0.15) is 0 Å². The van der Waals surface area contributed by atoms with Gasteiger partial charge < -0.3 is 5.11 Å². The molecule has 0 aliphatic heterocycles. The van der Waals surface area contributed by atoms with Crippen LogP contribution in [0.1, 0.15) is 566 Å². The molecule has 0 saturated carbocycles. The van der Waals surface area contributed by atoms with Gasteiger partial charge >= 0.3 is 5.97 Å². The van der Waals surface area contributed by atoms with Crippen molar-refractivity contribution in [3.8, 4) is 0 Å². The molecule has 554 valence electrons. The van der Waals surface area contributed by atoms with Gasteiger partial charge in [-0.3, -0.25) is 4.79 Å². The molecule has 0 amide bonds. The van der Waals surface area contributed by atoms with E-state index in [1.807, 2.05) is 0 Å². The van der Waals surface area contributed by atoms with Crippen LogP contribution >= 0.6 is 0 Å². The molecule has 0 aromatic rings. The molecule has 0 heterocycles. The van der Waals surface area contributed by atoms with Crippen molar-refractivity contribution in [2.45, 2.75) is 566 Å². The lowest BCUT2D eigenvalue weighted by molar-refractivity contribution is -0.137. The smallest absolute Gasteiger partial charge is 0.303 e. The Morgan fingerprint density at radius 2 is 0.200 bits per heavy atom. The molecule has 1 N–H and O–H groups in total. The molecule has 2 heteroatoms. The van der Waals surface area contributed by atoms with Gasteiger partial charge in [-0.05, 0) is 6.42 Å². The summed E-state index contributed by atoms with van der Waals surface area (Å²) in [6.45, 7) is 34.0. The van der Waals surface area contributed by atoms with Gasteiger partial charge in [0.1, 0.15) is 0 Å². The zero-order valence-corrected chi connectivity index (χ0v) is 67.3. The molecule has 0 aromatic heterocycles. The summed E-state index contributed by atoms with van der Waals surface area (Å²) in [4.78, 5) is 10.3. The van der Waals surface area contributed by atoms with Crippen molar-refractivity contribution in [2.24, 2.45) is 0 Å². The third-order valence-electron chi connectivity index (χ3n) is 17.7. The molecule has 0 atom stereocenters. The van der Waals surface area contributed by atoms with Crippen LogP contribution < -0.4 is 0 Å². The molecule has 0 saturated heterocycles. The first-order valence-corrected chi connectivity index (χ1v) is 43.4. The minimum atomic E-state index is -0.653. The molecule has 0 rings (SSSR count). The van der Waals surface area contributed by atoms with Crippen molar-refractivity contribution in [2.75, 3.05) is 0 Å². The van der Waals surface area contributed by atoms with Crippen LogP contribution in [0.4, 0.5) is 0 Å². The topological polar surface area (TPSA) is 37.3 Å². The van der Waals surface area contributed by atoms with E-state index in [2.05, 4.69) is 104 Å². The second kappa shape index (κ2) is 122. The fourth-order valence-electron chi connectivity index (χ4n) is 11.1. The molecule has 0 unspecified atom stereocenters. The van der Waals surface area contributed by atoms with Crippen LogP contribution in [0, 0.1) is 0 Å². The van der Waals surface area contributed by atoms with E-state index in [0.29, 0.717) is 6.42 Å². The Hall–Kier alpha value is -0.530. The summed E-state index contributed by atoms with van der Waals surface area (Å²) in [6.07, 6.45) is 100. The van der Waals surface area contributed by atoms with Gasteiger partial charge in [-0.25, -0.2) is 0 Å². The summed E-state index contributed by atoms with van der Waals surface area (Å²) in [6, 6.07) is 0. The largest absolute Gasteiger partial charge is 0.481 e. The number of carboxylic acids is 1. The zero-order valence-electron chi connectivity index (χ0n) is 67.3. The summed E-state index contributed by atoms with van der Waals surface area (Å²) in [5.41, 5.74) is 0. The molecule has 0 fully saturated rings. The zero-order chi connectivity index (χ0) is 68.5. The summed E-state index contributed by atoms with van der Waals surface area (Å²) in [5.74, 6) is -0.653. The van der Waals surface area contributed by atoms with E-state index < -0.39 is 5.97 Å². The highest BCUT2D eigenvalue weighted by molar-refractivity contribution is 5.66. The quantitative estimate of drug-likeness (QED) is 0.0616. The predicted molar refractivity (Wildman–Crippen MR) is 425 cm³/mol. The molecule has 0 aromatic carbocycles. The van der Waals surface area contributed by atoms with E-state index in [1.165, 1.54) is 443 Å². The second-order valence-electron chi connectivity index (χ2n) is 27.9. The second-order valence-corrected chi connectivity index (χ2v) is 27.9. The number of unbranched alkanes of at least 4 members (excludes halogenated alkanes) is 63. The molecular formula is C88H190O2. The summed E-state index contributed by atoms with van der Waals surface area (Å²) >= 11 is 0. The number of rotatable bonds is 65. The van der Waals surface area contributed by atoms with Crippen LogP contribution in [-0.4, -0.2) is 11.1 Å². The third-order valence-corrected chi connectivity index (χ3v) is 17.7. The SMILES string of the molecule is CCCCCCCCCC.CCCCCCCCCC.CCCCCCCCCC.CCCCCCCCCC.CCCCCCCCCC.CCCCCCCCCC.CCCCCCCCCC.CCCCCCCCCCCCCCCCCC(=O)O. The number of carboxylic acid groups (broad SMARTS) is 1. The number of carbonyl (C=O) groups is 1. The first-order chi connectivity index (χ1) is 44.2. The lowest BCUT2D eigenvalue weighted by atomic mass is 10.0. The summed E-state index contributed by atoms with van der Waals surface area (Å²) in [7, 11) is 0. The van der Waals surface area contributed by atoms with Crippen LogP contribution in [0.25, 0.3) is 0 Å². The Kier molecular flexibility index (Phi) is 143. The van der Waals surface area contributed by atoms with Crippen molar-refractivity contribution in [3.05, 3.63) is 0 Å².